The summed E-state index contributed by atoms with van der Waals surface area (Å²) in [5, 5.41) is 4.52. The van der Waals surface area contributed by atoms with Gasteiger partial charge in [0.15, 0.2) is 0 Å². The number of carbonyl (C=O) groups excluding carboxylic acids is 1. The highest BCUT2D eigenvalue weighted by Crippen LogP contribution is 2.26. The molecule has 0 aliphatic rings. The average Bonchev–Trinajstić information content (AvgIpc) is 2.62. The second-order valence-electron chi connectivity index (χ2n) is 3.42. The number of rotatable bonds is 2. The van der Waals surface area contributed by atoms with E-state index in [1.54, 1.807) is 31.4 Å². The van der Waals surface area contributed by atoms with Gasteiger partial charge in [-0.3, -0.25) is 9.48 Å². The molecule has 6 heteroatoms. The van der Waals surface area contributed by atoms with Crippen molar-refractivity contribution in [1.82, 2.24) is 9.78 Å². The highest BCUT2D eigenvalue weighted by Gasteiger charge is 2.17. The zero-order valence-electron chi connectivity index (χ0n) is 8.75. The van der Waals surface area contributed by atoms with E-state index in [0.29, 0.717) is 20.8 Å². The van der Waals surface area contributed by atoms with E-state index < -0.39 is 0 Å². The topological polar surface area (TPSA) is 34.9 Å². The van der Waals surface area contributed by atoms with Crippen molar-refractivity contribution >= 4 is 49.2 Å². The van der Waals surface area contributed by atoms with Gasteiger partial charge >= 0.3 is 0 Å². The van der Waals surface area contributed by atoms with Crippen LogP contribution < -0.4 is 0 Å². The Hall–Kier alpha value is -0.650. The molecule has 2 aromatic rings. The van der Waals surface area contributed by atoms with E-state index in [-0.39, 0.29) is 5.78 Å². The lowest BCUT2D eigenvalue weighted by molar-refractivity contribution is 0.102. The van der Waals surface area contributed by atoms with Crippen molar-refractivity contribution in [2.75, 3.05) is 0 Å². The molecule has 0 radical (unpaired) electrons. The van der Waals surface area contributed by atoms with Crippen LogP contribution in [0.2, 0.25) is 5.02 Å². The first-order valence-corrected chi connectivity index (χ1v) is 6.64. The number of carbonyl (C=O) groups is 1. The SMILES string of the molecule is Cn1ncc(Br)c1C(=O)c1ccc(Br)c(Cl)c1. The molecule has 0 saturated carbocycles. The Kier molecular flexibility index (Phi) is 3.70. The fourth-order valence-electron chi connectivity index (χ4n) is 1.44. The third kappa shape index (κ3) is 2.46. The molecule has 0 spiro atoms. The molecule has 0 N–H and O–H groups in total. The van der Waals surface area contributed by atoms with Crippen molar-refractivity contribution in [1.29, 1.82) is 0 Å². The van der Waals surface area contributed by atoms with E-state index >= 15 is 0 Å². The van der Waals surface area contributed by atoms with Crippen LogP contribution in [0.5, 0.6) is 0 Å². The first kappa shape index (κ1) is 12.8. The van der Waals surface area contributed by atoms with Crippen molar-refractivity contribution in [2.24, 2.45) is 7.05 Å². The number of aryl methyl sites for hydroxylation is 1. The van der Waals surface area contributed by atoms with Crippen molar-refractivity contribution in [3.05, 3.63) is 49.6 Å². The molecule has 0 saturated heterocycles. The van der Waals surface area contributed by atoms with Crippen LogP contribution in [-0.4, -0.2) is 15.6 Å². The smallest absolute Gasteiger partial charge is 0.212 e. The fourth-order valence-corrected chi connectivity index (χ4v) is 2.40. The lowest BCUT2D eigenvalue weighted by atomic mass is 10.1. The van der Waals surface area contributed by atoms with E-state index in [0.717, 1.165) is 4.47 Å². The van der Waals surface area contributed by atoms with E-state index in [9.17, 15) is 4.79 Å². The predicted molar refractivity (Wildman–Crippen MR) is 73.5 cm³/mol. The lowest BCUT2D eigenvalue weighted by Gasteiger charge is -2.04. The maximum atomic E-state index is 12.2. The maximum Gasteiger partial charge on any atom is 0.212 e. The first-order valence-electron chi connectivity index (χ1n) is 4.68. The van der Waals surface area contributed by atoms with Crippen molar-refractivity contribution < 1.29 is 4.79 Å². The molecule has 3 nitrogen and oxygen atoms in total. The molecular formula is C11H7Br2ClN2O. The number of nitrogens with zero attached hydrogens (tertiary/aromatic N) is 2. The summed E-state index contributed by atoms with van der Waals surface area (Å²) in [5.74, 6) is -0.119. The van der Waals surface area contributed by atoms with Gasteiger partial charge in [-0.05, 0) is 50.1 Å². The normalized spacial score (nSPS) is 10.6. The molecule has 0 amide bonds. The number of aromatic nitrogens is 2. The maximum absolute atomic E-state index is 12.2. The Balaban J connectivity index is 2.48. The molecular weight excluding hydrogens is 371 g/mol. The Morgan fingerprint density at radius 3 is 2.59 bits per heavy atom. The molecule has 1 aromatic carbocycles. The van der Waals surface area contributed by atoms with Crippen LogP contribution in [0, 0.1) is 0 Å². The number of halogens is 3. The number of ketones is 1. The Bertz CT molecular complexity index is 576. The molecule has 0 unspecified atom stereocenters. The molecule has 0 bridgehead atoms. The summed E-state index contributed by atoms with van der Waals surface area (Å²) >= 11 is 12.6. The molecule has 1 aromatic heterocycles. The summed E-state index contributed by atoms with van der Waals surface area (Å²) in [7, 11) is 1.72. The van der Waals surface area contributed by atoms with Crippen molar-refractivity contribution in [2.45, 2.75) is 0 Å². The van der Waals surface area contributed by atoms with Gasteiger partial charge in [-0.2, -0.15) is 5.10 Å². The monoisotopic (exact) mass is 376 g/mol. The minimum absolute atomic E-state index is 0.119. The van der Waals surface area contributed by atoms with Crippen LogP contribution in [0.1, 0.15) is 16.1 Å². The third-order valence-electron chi connectivity index (χ3n) is 2.29. The van der Waals surface area contributed by atoms with E-state index in [1.165, 1.54) is 4.68 Å². The van der Waals surface area contributed by atoms with Crippen molar-refractivity contribution in [3.63, 3.8) is 0 Å². The first-order chi connectivity index (χ1) is 8.00. The Morgan fingerprint density at radius 1 is 1.35 bits per heavy atom. The highest BCUT2D eigenvalue weighted by molar-refractivity contribution is 9.10. The number of benzene rings is 1. The van der Waals surface area contributed by atoms with Gasteiger partial charge < -0.3 is 0 Å². The van der Waals surface area contributed by atoms with E-state index in [1.807, 2.05) is 0 Å². The van der Waals surface area contributed by atoms with Crippen LogP contribution in [0.4, 0.5) is 0 Å². The van der Waals surface area contributed by atoms with Crippen LogP contribution in [0.15, 0.2) is 33.3 Å². The van der Waals surface area contributed by atoms with Crippen LogP contribution >= 0.6 is 43.5 Å². The lowest BCUT2D eigenvalue weighted by Crippen LogP contribution is -2.08. The van der Waals surface area contributed by atoms with Gasteiger partial charge in [-0.1, -0.05) is 11.6 Å². The summed E-state index contributed by atoms with van der Waals surface area (Å²) < 4.78 is 2.96. The molecule has 1 heterocycles. The zero-order chi connectivity index (χ0) is 12.6. The van der Waals surface area contributed by atoms with Gasteiger partial charge in [-0.25, -0.2) is 0 Å². The molecule has 2 rings (SSSR count). The van der Waals surface area contributed by atoms with Gasteiger partial charge in [-0.15, -0.1) is 0 Å². The molecule has 88 valence electrons. The zero-order valence-corrected chi connectivity index (χ0v) is 12.7. The Morgan fingerprint density at radius 2 is 2.06 bits per heavy atom. The van der Waals surface area contributed by atoms with Gasteiger partial charge in [0.1, 0.15) is 5.69 Å². The molecule has 0 aliphatic heterocycles. The summed E-state index contributed by atoms with van der Waals surface area (Å²) in [6, 6.07) is 5.10. The van der Waals surface area contributed by atoms with Gasteiger partial charge in [0, 0.05) is 17.1 Å². The summed E-state index contributed by atoms with van der Waals surface area (Å²) in [6.45, 7) is 0. The van der Waals surface area contributed by atoms with Gasteiger partial charge in [0.25, 0.3) is 0 Å². The summed E-state index contributed by atoms with van der Waals surface area (Å²) in [6.07, 6.45) is 1.59. The highest BCUT2D eigenvalue weighted by atomic mass is 79.9. The number of hydrogen-bond acceptors (Lipinski definition) is 2. The quantitative estimate of drug-likeness (QED) is 0.745. The minimum atomic E-state index is -0.119. The summed E-state index contributed by atoms with van der Waals surface area (Å²) in [4.78, 5) is 12.2. The van der Waals surface area contributed by atoms with Crippen LogP contribution in [0.3, 0.4) is 0 Å². The molecule has 0 aliphatic carbocycles. The fraction of sp³-hybridized carbons (Fsp3) is 0.0909. The van der Waals surface area contributed by atoms with Crippen LogP contribution in [-0.2, 0) is 7.05 Å². The van der Waals surface area contributed by atoms with Crippen LogP contribution in [0.25, 0.3) is 0 Å². The van der Waals surface area contributed by atoms with Gasteiger partial charge in [0.2, 0.25) is 5.78 Å². The molecule has 0 atom stereocenters. The van der Waals surface area contributed by atoms with Crippen molar-refractivity contribution in [3.8, 4) is 0 Å². The van der Waals surface area contributed by atoms with Gasteiger partial charge in [0.05, 0.1) is 15.7 Å². The average molecular weight is 378 g/mol. The van der Waals surface area contributed by atoms with E-state index in [2.05, 4.69) is 37.0 Å². The summed E-state index contributed by atoms with van der Waals surface area (Å²) in [5.41, 5.74) is 1.03. The minimum Gasteiger partial charge on any atom is -0.287 e. The number of hydrogen-bond donors (Lipinski definition) is 0. The third-order valence-corrected chi connectivity index (χ3v) is 4.10. The van der Waals surface area contributed by atoms with E-state index in [4.69, 9.17) is 11.6 Å². The predicted octanol–water partition coefficient (Wildman–Crippen LogP) is 3.83. The largest absolute Gasteiger partial charge is 0.287 e. The second-order valence-corrected chi connectivity index (χ2v) is 5.54. The molecule has 17 heavy (non-hydrogen) atoms. The Labute approximate surface area is 120 Å². The standard InChI is InChI=1S/C11H7Br2ClN2O/c1-16-10(8(13)5-15-16)11(17)6-2-3-7(12)9(14)4-6/h2-5H,1H3. The molecule has 0 fully saturated rings. The second kappa shape index (κ2) is 4.92.